The normalized spacial score (nSPS) is 11.3. The molecule has 0 unspecified atom stereocenters. The Bertz CT molecular complexity index is 1150. The summed E-state index contributed by atoms with van der Waals surface area (Å²) in [6.07, 6.45) is -0.517. The van der Waals surface area contributed by atoms with E-state index in [9.17, 15) is 14.7 Å². The van der Waals surface area contributed by atoms with Crippen LogP contribution in [0, 0.1) is 0 Å². The van der Waals surface area contributed by atoms with Crippen LogP contribution >= 0.6 is 68.9 Å². The molecule has 13 heteroatoms. The van der Waals surface area contributed by atoms with Gasteiger partial charge in [-0.15, -0.1) is 45.3 Å². The van der Waals surface area contributed by atoms with Crippen molar-refractivity contribution < 1.29 is 14.7 Å². The molecule has 166 valence electrons. The number of hydrogen-bond acceptors (Lipinski definition) is 11. The number of hydrogen-bond donors (Lipinski definition) is 3. The van der Waals surface area contributed by atoms with E-state index in [1.54, 1.807) is 12.1 Å². The van der Waals surface area contributed by atoms with Crippen LogP contribution in [0.2, 0.25) is 0 Å². The number of aromatic nitrogens is 2. The van der Waals surface area contributed by atoms with Crippen LogP contribution < -0.4 is 11.5 Å². The van der Waals surface area contributed by atoms with Crippen molar-refractivity contribution in [3.05, 3.63) is 44.8 Å². The minimum Gasteiger partial charge on any atom is -0.391 e. The number of carbonyl (C=O) groups excluding carboxylic acids is 2. The van der Waals surface area contributed by atoms with E-state index >= 15 is 0 Å². The molecule has 0 spiro atoms. The number of nitrogens with two attached hydrogens (primary N) is 2. The second-order valence-electron chi connectivity index (χ2n) is 6.33. The van der Waals surface area contributed by atoms with E-state index in [1.807, 2.05) is 22.9 Å². The van der Waals surface area contributed by atoms with Crippen molar-refractivity contribution in [2.75, 3.05) is 11.5 Å². The summed E-state index contributed by atoms with van der Waals surface area (Å²) < 4.78 is 1.72. The molecule has 0 atom stereocenters. The van der Waals surface area contributed by atoms with Gasteiger partial charge in [0.1, 0.15) is 0 Å². The van der Waals surface area contributed by atoms with Gasteiger partial charge in [-0.25, -0.2) is 9.97 Å². The van der Waals surface area contributed by atoms with Crippen LogP contribution in [0.1, 0.15) is 19.3 Å². The van der Waals surface area contributed by atoms with Crippen LogP contribution in [-0.2, 0) is 0 Å². The summed E-state index contributed by atoms with van der Waals surface area (Å²) in [5, 5.41) is 14.2. The zero-order valence-electron chi connectivity index (χ0n) is 16.2. The zero-order chi connectivity index (χ0) is 22.7. The van der Waals surface area contributed by atoms with E-state index in [0.717, 1.165) is 29.8 Å². The van der Waals surface area contributed by atoms with Crippen LogP contribution in [0.4, 0.5) is 0 Å². The first kappa shape index (κ1) is 23.4. The summed E-state index contributed by atoms with van der Waals surface area (Å²) in [7, 11) is 0. The standard InChI is InChI=1S/C19H16N4O3S6/c20-16(25)14-3-1-12(31-14)10-7-29-18(22-10)27-5-9(24)6-28-19-23-11(8-30-19)13-2-4-15(32-13)17(21)26/h1-4,7-9,24H,5-6H2,(H2,20,25)(H2,21,26). The second-order valence-corrected chi connectivity index (χ2v) is 12.7. The predicted octanol–water partition coefficient (Wildman–Crippen LogP) is 4.50. The highest BCUT2D eigenvalue weighted by Crippen LogP contribution is 2.34. The Balaban J connectivity index is 1.26. The first-order chi connectivity index (χ1) is 15.4. The minimum absolute atomic E-state index is 0.440. The first-order valence-electron chi connectivity index (χ1n) is 9.04. The lowest BCUT2D eigenvalue weighted by molar-refractivity contribution is 0.0995. The molecule has 0 saturated carbocycles. The molecule has 0 saturated heterocycles. The number of amides is 2. The maximum Gasteiger partial charge on any atom is 0.258 e. The maximum absolute atomic E-state index is 11.3. The van der Waals surface area contributed by atoms with Crippen LogP contribution in [0.25, 0.3) is 21.1 Å². The second kappa shape index (κ2) is 10.5. The SMILES string of the molecule is NC(=O)c1ccc(-c2csc(SCC(O)CSc3nc(-c4ccc(C(N)=O)s4)cs3)n2)s1. The van der Waals surface area contributed by atoms with Crippen molar-refractivity contribution >= 4 is 80.7 Å². The number of aliphatic hydroxyl groups is 1. The summed E-state index contributed by atoms with van der Waals surface area (Å²) in [6, 6.07) is 7.09. The highest BCUT2D eigenvalue weighted by Gasteiger charge is 2.14. The molecule has 0 aliphatic carbocycles. The third kappa shape index (κ3) is 5.78. The number of nitrogens with zero attached hydrogens (tertiary/aromatic N) is 2. The van der Waals surface area contributed by atoms with Crippen LogP contribution in [-0.4, -0.2) is 44.5 Å². The van der Waals surface area contributed by atoms with Crippen molar-refractivity contribution in [2.24, 2.45) is 11.5 Å². The van der Waals surface area contributed by atoms with Crippen LogP contribution in [0.3, 0.4) is 0 Å². The molecule has 0 aliphatic heterocycles. The molecule has 5 N–H and O–H groups in total. The number of thiophene rings is 2. The Kier molecular flexibility index (Phi) is 7.66. The summed E-state index contributed by atoms with van der Waals surface area (Å²) in [5.41, 5.74) is 12.2. The average Bonchev–Trinajstić information content (AvgIpc) is 3.54. The molecular weight excluding hydrogens is 525 g/mol. The molecule has 0 aromatic carbocycles. The summed E-state index contributed by atoms with van der Waals surface area (Å²) in [5.74, 6) is 0.152. The lowest BCUT2D eigenvalue weighted by Gasteiger charge is -2.07. The fraction of sp³-hybridized carbons (Fsp3) is 0.158. The molecule has 4 heterocycles. The van der Waals surface area contributed by atoms with Gasteiger partial charge < -0.3 is 16.6 Å². The van der Waals surface area contributed by atoms with Gasteiger partial charge in [0, 0.05) is 22.3 Å². The van der Waals surface area contributed by atoms with Crippen molar-refractivity contribution in [2.45, 2.75) is 14.8 Å². The van der Waals surface area contributed by atoms with E-state index in [4.69, 9.17) is 11.5 Å². The molecular formula is C19H16N4O3S6. The first-order valence-corrected chi connectivity index (χ1v) is 14.4. The summed E-state index contributed by atoms with van der Waals surface area (Å²) in [6.45, 7) is 0. The van der Waals surface area contributed by atoms with Crippen molar-refractivity contribution in [3.8, 4) is 21.1 Å². The average molecular weight is 541 g/mol. The minimum atomic E-state index is -0.517. The van der Waals surface area contributed by atoms with Gasteiger partial charge in [-0.2, -0.15) is 0 Å². The Hall–Kier alpha value is -1.74. The lowest BCUT2D eigenvalue weighted by Crippen LogP contribution is -2.12. The fourth-order valence-corrected chi connectivity index (χ4v) is 7.97. The summed E-state index contributed by atoms with van der Waals surface area (Å²) in [4.78, 5) is 34.5. The quantitative estimate of drug-likeness (QED) is 0.252. The van der Waals surface area contributed by atoms with Gasteiger partial charge in [0.2, 0.25) is 0 Å². The third-order valence-electron chi connectivity index (χ3n) is 3.97. The van der Waals surface area contributed by atoms with Gasteiger partial charge in [0.05, 0.1) is 37.0 Å². The van der Waals surface area contributed by atoms with E-state index < -0.39 is 17.9 Å². The molecule has 32 heavy (non-hydrogen) atoms. The van der Waals surface area contributed by atoms with Crippen LogP contribution in [0.5, 0.6) is 0 Å². The molecule has 4 aromatic heterocycles. The largest absolute Gasteiger partial charge is 0.391 e. The molecule has 0 aliphatic rings. The Labute approximate surface area is 207 Å². The molecule has 2 amide bonds. The third-order valence-corrected chi connectivity index (χ3v) is 10.5. The zero-order valence-corrected chi connectivity index (χ0v) is 21.1. The Morgan fingerprint density at radius 1 is 0.844 bits per heavy atom. The highest BCUT2D eigenvalue weighted by molar-refractivity contribution is 8.02. The number of carbonyl (C=O) groups is 2. The summed E-state index contributed by atoms with van der Waals surface area (Å²) >= 11 is 8.65. The van der Waals surface area contributed by atoms with Gasteiger partial charge in [0.15, 0.2) is 8.68 Å². The number of thioether (sulfide) groups is 2. The topological polar surface area (TPSA) is 132 Å². The van der Waals surface area contributed by atoms with Gasteiger partial charge >= 0.3 is 0 Å². The van der Waals surface area contributed by atoms with E-state index in [-0.39, 0.29) is 0 Å². The highest BCUT2D eigenvalue weighted by atomic mass is 32.2. The van der Waals surface area contributed by atoms with Crippen molar-refractivity contribution in [1.82, 2.24) is 9.97 Å². The molecule has 7 nitrogen and oxygen atoms in total. The molecule has 4 aromatic rings. The number of aliphatic hydroxyl groups excluding tert-OH is 1. The fourth-order valence-electron chi connectivity index (χ4n) is 2.47. The Morgan fingerprint density at radius 2 is 1.28 bits per heavy atom. The van der Waals surface area contributed by atoms with Gasteiger partial charge in [-0.1, -0.05) is 23.5 Å². The molecule has 0 fully saturated rings. The monoisotopic (exact) mass is 540 g/mol. The number of thiazole rings is 2. The van der Waals surface area contributed by atoms with E-state index in [2.05, 4.69) is 9.97 Å². The number of rotatable bonds is 10. The number of primary amides is 2. The van der Waals surface area contributed by atoms with Gasteiger partial charge in [-0.05, 0) is 24.3 Å². The van der Waals surface area contributed by atoms with Crippen molar-refractivity contribution in [3.63, 3.8) is 0 Å². The van der Waals surface area contributed by atoms with Gasteiger partial charge in [-0.3, -0.25) is 9.59 Å². The molecule has 0 bridgehead atoms. The maximum atomic E-state index is 11.3. The van der Waals surface area contributed by atoms with Gasteiger partial charge in [0.25, 0.3) is 11.8 Å². The molecule has 4 rings (SSSR count). The predicted molar refractivity (Wildman–Crippen MR) is 135 cm³/mol. The van der Waals surface area contributed by atoms with E-state index in [1.165, 1.54) is 68.9 Å². The van der Waals surface area contributed by atoms with Crippen LogP contribution in [0.15, 0.2) is 43.7 Å². The van der Waals surface area contributed by atoms with Crippen molar-refractivity contribution in [1.29, 1.82) is 0 Å². The Morgan fingerprint density at radius 3 is 1.66 bits per heavy atom. The smallest absolute Gasteiger partial charge is 0.258 e. The lowest BCUT2D eigenvalue weighted by atomic mass is 10.3. The van der Waals surface area contributed by atoms with E-state index in [0.29, 0.717) is 21.3 Å². The molecule has 0 radical (unpaired) electrons.